The Morgan fingerprint density at radius 1 is 0.290 bits per heavy atom. The van der Waals surface area contributed by atoms with Gasteiger partial charge < -0.3 is 8.98 Å². The summed E-state index contributed by atoms with van der Waals surface area (Å²) >= 11 is 0. The topological polar surface area (TPSA) is 61.7 Å². The summed E-state index contributed by atoms with van der Waals surface area (Å²) in [6.45, 7) is 0. The molecule has 0 unspecified atom stereocenters. The lowest BCUT2D eigenvalue weighted by molar-refractivity contribution is 0.669. The minimum absolute atomic E-state index is 0.574. The SMILES string of the molecule is c1ccc(-c2nc(-c3ccccc3)nc(-n3c4ccccc4c4cc(-c5cccc(-c6ccc7oc8cccc(-c9ccc%10c%11ccccc%11n(-c%11ccccc%11)c%10c9)c8c7c6)c5)ccc43)n2)cc1. The first-order valence-electron chi connectivity index (χ1n) is 23.3. The van der Waals surface area contributed by atoms with Crippen molar-refractivity contribution in [1.29, 1.82) is 0 Å². The first-order chi connectivity index (χ1) is 34.2. The number of aromatic nitrogens is 5. The highest BCUT2D eigenvalue weighted by atomic mass is 16.3. The summed E-state index contributed by atoms with van der Waals surface area (Å²) < 4.78 is 11.1. The molecule has 0 aliphatic carbocycles. The second kappa shape index (κ2) is 15.6. The minimum Gasteiger partial charge on any atom is -0.456 e. The van der Waals surface area contributed by atoms with Crippen molar-refractivity contribution in [3.05, 3.63) is 237 Å². The molecule has 14 rings (SSSR count). The highest BCUT2D eigenvalue weighted by Gasteiger charge is 2.20. The molecule has 0 bridgehead atoms. The highest BCUT2D eigenvalue weighted by Crippen LogP contribution is 2.42. The van der Waals surface area contributed by atoms with Crippen molar-refractivity contribution in [3.8, 4) is 67.8 Å². The Labute approximate surface area is 396 Å². The predicted molar refractivity (Wildman–Crippen MR) is 283 cm³/mol. The third-order valence-electron chi connectivity index (χ3n) is 13.6. The van der Waals surface area contributed by atoms with Crippen LogP contribution in [-0.2, 0) is 0 Å². The average Bonchev–Trinajstić information content (AvgIpc) is 4.08. The molecular formula is C63H39N5O. The van der Waals surface area contributed by atoms with Gasteiger partial charge in [0.25, 0.3) is 0 Å². The van der Waals surface area contributed by atoms with Crippen molar-refractivity contribution < 1.29 is 4.42 Å². The molecule has 4 aromatic heterocycles. The van der Waals surface area contributed by atoms with Crippen LogP contribution < -0.4 is 0 Å². The fraction of sp³-hybridized carbons (Fsp3) is 0. The van der Waals surface area contributed by atoms with E-state index in [9.17, 15) is 0 Å². The van der Waals surface area contributed by atoms with Gasteiger partial charge in [-0.15, -0.1) is 0 Å². The van der Waals surface area contributed by atoms with E-state index in [4.69, 9.17) is 19.4 Å². The van der Waals surface area contributed by atoms with Crippen molar-refractivity contribution in [3.63, 3.8) is 0 Å². The van der Waals surface area contributed by atoms with E-state index < -0.39 is 0 Å². The van der Waals surface area contributed by atoms with Crippen LogP contribution in [0.15, 0.2) is 241 Å². The van der Waals surface area contributed by atoms with E-state index in [2.05, 4.69) is 185 Å². The maximum atomic E-state index is 6.58. The predicted octanol–water partition coefficient (Wildman–Crippen LogP) is 16.3. The molecule has 10 aromatic carbocycles. The maximum Gasteiger partial charge on any atom is 0.238 e. The van der Waals surface area contributed by atoms with Gasteiger partial charge in [0, 0.05) is 49.1 Å². The van der Waals surface area contributed by atoms with E-state index in [1.807, 2.05) is 60.7 Å². The second-order valence-electron chi connectivity index (χ2n) is 17.6. The lowest BCUT2D eigenvalue weighted by Gasteiger charge is -2.11. The Morgan fingerprint density at radius 2 is 0.812 bits per heavy atom. The molecule has 0 aliphatic heterocycles. The lowest BCUT2D eigenvalue weighted by Crippen LogP contribution is -2.06. The molecule has 0 radical (unpaired) electrons. The third-order valence-corrected chi connectivity index (χ3v) is 13.6. The van der Waals surface area contributed by atoms with Gasteiger partial charge in [0.2, 0.25) is 5.95 Å². The zero-order valence-electron chi connectivity index (χ0n) is 37.2. The Hall–Kier alpha value is -9.39. The molecule has 322 valence electrons. The quantitative estimate of drug-likeness (QED) is 0.160. The Morgan fingerprint density at radius 3 is 1.52 bits per heavy atom. The van der Waals surface area contributed by atoms with E-state index in [-0.39, 0.29) is 0 Å². The van der Waals surface area contributed by atoms with Crippen LogP contribution >= 0.6 is 0 Å². The first-order valence-corrected chi connectivity index (χ1v) is 23.3. The molecule has 6 nitrogen and oxygen atoms in total. The largest absolute Gasteiger partial charge is 0.456 e. The molecule has 14 aromatic rings. The van der Waals surface area contributed by atoms with E-state index in [0.717, 1.165) is 93.9 Å². The minimum atomic E-state index is 0.574. The molecule has 0 saturated carbocycles. The van der Waals surface area contributed by atoms with Crippen LogP contribution in [0, 0.1) is 0 Å². The molecule has 0 N–H and O–H groups in total. The van der Waals surface area contributed by atoms with Crippen LogP contribution in [-0.4, -0.2) is 24.1 Å². The molecule has 0 fully saturated rings. The lowest BCUT2D eigenvalue weighted by atomic mass is 9.95. The van der Waals surface area contributed by atoms with Crippen molar-refractivity contribution in [1.82, 2.24) is 24.1 Å². The Kier molecular flexibility index (Phi) is 8.79. The van der Waals surface area contributed by atoms with Gasteiger partial charge in [0.1, 0.15) is 11.2 Å². The van der Waals surface area contributed by atoms with Crippen molar-refractivity contribution in [2.45, 2.75) is 0 Å². The van der Waals surface area contributed by atoms with Crippen LogP contribution in [0.25, 0.3) is 133 Å². The molecule has 6 heteroatoms. The normalized spacial score (nSPS) is 11.8. The maximum absolute atomic E-state index is 6.58. The van der Waals surface area contributed by atoms with Crippen LogP contribution in [0.2, 0.25) is 0 Å². The van der Waals surface area contributed by atoms with E-state index in [0.29, 0.717) is 17.6 Å². The van der Waals surface area contributed by atoms with Crippen LogP contribution in [0.1, 0.15) is 0 Å². The number of furan rings is 1. The molecule has 0 aliphatic rings. The zero-order chi connectivity index (χ0) is 45.4. The van der Waals surface area contributed by atoms with Gasteiger partial charge in [-0.25, -0.2) is 4.98 Å². The van der Waals surface area contributed by atoms with Crippen molar-refractivity contribution >= 4 is 65.6 Å². The summed E-state index contributed by atoms with van der Waals surface area (Å²) in [5.41, 5.74) is 15.9. The first kappa shape index (κ1) is 38.8. The summed E-state index contributed by atoms with van der Waals surface area (Å²) in [6, 6.07) is 83.5. The van der Waals surface area contributed by atoms with Crippen LogP contribution in [0.3, 0.4) is 0 Å². The standard InChI is InChI=1S/C63H39N5O/c1-4-16-40(17-5-1)61-64-62(41-18-6-2-7-19-41)66-63(65-61)68-55-28-13-11-25-50(55)52-37-44(31-34-56(52)68)42-20-14-21-43(36-42)45-32-35-58-53(38-45)60-48(26-15-29-59(60)69-58)46-30-33-51-49-24-10-12-27-54(49)67(57(51)39-46)47-22-8-3-9-23-47/h1-39H. The van der Waals surface area contributed by atoms with Gasteiger partial charge in [-0.05, 0) is 100 Å². The second-order valence-corrected chi connectivity index (χ2v) is 17.6. The van der Waals surface area contributed by atoms with E-state index in [1.54, 1.807) is 0 Å². The number of hydrogen-bond acceptors (Lipinski definition) is 4. The molecule has 0 spiro atoms. The zero-order valence-corrected chi connectivity index (χ0v) is 37.2. The summed E-state index contributed by atoms with van der Waals surface area (Å²) in [4.78, 5) is 15.2. The van der Waals surface area contributed by atoms with Crippen LogP contribution in [0.4, 0.5) is 0 Å². The number of benzene rings is 10. The molecule has 0 amide bonds. The van der Waals surface area contributed by atoms with Crippen LogP contribution in [0.5, 0.6) is 0 Å². The summed E-state index contributed by atoms with van der Waals surface area (Å²) in [5, 5.41) is 6.92. The summed E-state index contributed by atoms with van der Waals surface area (Å²) in [7, 11) is 0. The van der Waals surface area contributed by atoms with Gasteiger partial charge >= 0.3 is 0 Å². The molecule has 0 saturated heterocycles. The fourth-order valence-electron chi connectivity index (χ4n) is 10.4. The van der Waals surface area contributed by atoms with Gasteiger partial charge in [-0.1, -0.05) is 170 Å². The van der Waals surface area contributed by atoms with Gasteiger partial charge in [-0.3, -0.25) is 4.57 Å². The Bertz CT molecular complexity index is 4240. The average molecular weight is 882 g/mol. The number of hydrogen-bond donors (Lipinski definition) is 0. The van der Waals surface area contributed by atoms with E-state index >= 15 is 0 Å². The van der Waals surface area contributed by atoms with Gasteiger partial charge in [-0.2, -0.15) is 9.97 Å². The number of fused-ring (bicyclic) bond motifs is 9. The van der Waals surface area contributed by atoms with Crippen molar-refractivity contribution in [2.24, 2.45) is 0 Å². The fourth-order valence-corrected chi connectivity index (χ4v) is 10.4. The molecule has 0 atom stereocenters. The van der Waals surface area contributed by atoms with Gasteiger partial charge in [0.15, 0.2) is 11.6 Å². The number of rotatable bonds is 7. The van der Waals surface area contributed by atoms with Crippen molar-refractivity contribution in [2.75, 3.05) is 0 Å². The van der Waals surface area contributed by atoms with Gasteiger partial charge in [0.05, 0.1) is 22.1 Å². The summed E-state index contributed by atoms with van der Waals surface area (Å²) in [5.74, 6) is 1.83. The highest BCUT2D eigenvalue weighted by molar-refractivity contribution is 6.16. The molecule has 69 heavy (non-hydrogen) atoms. The summed E-state index contributed by atoms with van der Waals surface area (Å²) in [6.07, 6.45) is 0. The Balaban J connectivity index is 0.874. The number of nitrogens with zero attached hydrogens (tertiary/aromatic N) is 5. The smallest absolute Gasteiger partial charge is 0.238 e. The third kappa shape index (κ3) is 6.38. The number of para-hydroxylation sites is 3. The molecular weight excluding hydrogens is 843 g/mol. The van der Waals surface area contributed by atoms with E-state index in [1.165, 1.54) is 21.8 Å². The monoisotopic (exact) mass is 881 g/mol. The molecule has 4 heterocycles.